The van der Waals surface area contributed by atoms with Crippen LogP contribution in [-0.4, -0.2) is 42.0 Å². The summed E-state index contributed by atoms with van der Waals surface area (Å²) in [5, 5.41) is 9.85. The smallest absolute Gasteiger partial charge is 0.127 e. The normalized spacial score (nSPS) is 35.1. The summed E-state index contributed by atoms with van der Waals surface area (Å²) < 4.78 is 0. The molecule has 2 atom stereocenters. The molecule has 1 heterocycles. The lowest BCUT2D eigenvalue weighted by molar-refractivity contribution is -0.117. The summed E-state index contributed by atoms with van der Waals surface area (Å²) in [6.45, 7) is 4.75. The van der Waals surface area contributed by atoms with Crippen LogP contribution in [0, 0.1) is 11.3 Å². The molecule has 0 amide bonds. The van der Waals surface area contributed by atoms with Gasteiger partial charge >= 0.3 is 0 Å². The van der Waals surface area contributed by atoms with Gasteiger partial charge in [0.2, 0.25) is 0 Å². The van der Waals surface area contributed by atoms with Crippen molar-refractivity contribution in [1.82, 2.24) is 4.90 Å². The highest BCUT2D eigenvalue weighted by Gasteiger charge is 2.37. The van der Waals surface area contributed by atoms with Crippen molar-refractivity contribution in [1.29, 1.82) is 0 Å². The predicted molar refractivity (Wildman–Crippen MR) is 63.2 cm³/mol. The number of aldehydes is 1. The lowest BCUT2D eigenvalue weighted by Crippen LogP contribution is -2.47. The van der Waals surface area contributed by atoms with Crippen molar-refractivity contribution in [2.24, 2.45) is 11.3 Å². The van der Waals surface area contributed by atoms with Crippen molar-refractivity contribution in [3.63, 3.8) is 0 Å². The van der Waals surface area contributed by atoms with E-state index in [2.05, 4.69) is 11.8 Å². The fraction of sp³-hybridized carbons (Fsp3) is 0.923. The van der Waals surface area contributed by atoms with Gasteiger partial charge in [-0.25, -0.2) is 0 Å². The molecule has 92 valence electrons. The van der Waals surface area contributed by atoms with Crippen LogP contribution in [0.4, 0.5) is 0 Å². The molecule has 1 saturated heterocycles. The number of β-amino-alcohol motifs (C(OH)–C–C–N with tert-alkyl or cyclic N) is 1. The number of nitrogens with zero attached hydrogens (tertiary/aromatic N) is 1. The first-order chi connectivity index (χ1) is 7.65. The SMILES string of the molecule is CC1CCN(CC2(C=O)CCCC2)CC1O. The third-order valence-electron chi connectivity index (χ3n) is 4.39. The summed E-state index contributed by atoms with van der Waals surface area (Å²) in [7, 11) is 0. The van der Waals surface area contributed by atoms with E-state index in [1.54, 1.807) is 0 Å². The first-order valence-corrected chi connectivity index (χ1v) is 6.52. The molecule has 0 aromatic rings. The molecule has 3 heteroatoms. The minimum Gasteiger partial charge on any atom is -0.392 e. The van der Waals surface area contributed by atoms with Crippen LogP contribution in [0.15, 0.2) is 0 Å². The van der Waals surface area contributed by atoms with Crippen molar-refractivity contribution < 1.29 is 9.90 Å². The van der Waals surface area contributed by atoms with E-state index in [1.807, 2.05) is 0 Å². The minimum absolute atomic E-state index is 0.0969. The van der Waals surface area contributed by atoms with E-state index in [9.17, 15) is 9.90 Å². The number of rotatable bonds is 3. The van der Waals surface area contributed by atoms with Crippen molar-refractivity contribution in [2.45, 2.75) is 45.1 Å². The average Bonchev–Trinajstić information content (AvgIpc) is 2.73. The molecule has 0 aromatic heterocycles. The Balaban J connectivity index is 1.91. The molecular weight excluding hydrogens is 202 g/mol. The fourth-order valence-corrected chi connectivity index (χ4v) is 3.10. The van der Waals surface area contributed by atoms with E-state index >= 15 is 0 Å². The van der Waals surface area contributed by atoms with Gasteiger partial charge < -0.3 is 9.90 Å². The van der Waals surface area contributed by atoms with Crippen LogP contribution >= 0.6 is 0 Å². The maximum absolute atomic E-state index is 11.3. The Morgan fingerprint density at radius 2 is 2.12 bits per heavy atom. The highest BCUT2D eigenvalue weighted by molar-refractivity contribution is 5.60. The number of carbonyl (C=O) groups is 1. The van der Waals surface area contributed by atoms with E-state index < -0.39 is 0 Å². The first kappa shape index (κ1) is 12.1. The summed E-state index contributed by atoms with van der Waals surface area (Å²) in [4.78, 5) is 13.5. The van der Waals surface area contributed by atoms with Gasteiger partial charge in [0.15, 0.2) is 0 Å². The zero-order valence-corrected chi connectivity index (χ0v) is 10.2. The Labute approximate surface area is 97.8 Å². The molecule has 1 N–H and O–H groups in total. The number of hydrogen-bond donors (Lipinski definition) is 1. The van der Waals surface area contributed by atoms with Crippen molar-refractivity contribution in [3.05, 3.63) is 0 Å². The highest BCUT2D eigenvalue weighted by atomic mass is 16.3. The van der Waals surface area contributed by atoms with E-state index in [4.69, 9.17) is 0 Å². The molecule has 3 nitrogen and oxygen atoms in total. The summed E-state index contributed by atoms with van der Waals surface area (Å²) >= 11 is 0. The van der Waals surface area contributed by atoms with E-state index in [-0.39, 0.29) is 11.5 Å². The zero-order chi connectivity index (χ0) is 11.6. The van der Waals surface area contributed by atoms with Gasteiger partial charge in [0.05, 0.1) is 6.10 Å². The van der Waals surface area contributed by atoms with Gasteiger partial charge in [-0.1, -0.05) is 19.8 Å². The average molecular weight is 225 g/mol. The number of hydrogen-bond acceptors (Lipinski definition) is 3. The maximum atomic E-state index is 11.3. The predicted octanol–water partition coefficient (Wildman–Crippen LogP) is 1.45. The molecule has 16 heavy (non-hydrogen) atoms. The first-order valence-electron chi connectivity index (χ1n) is 6.52. The fourth-order valence-electron chi connectivity index (χ4n) is 3.10. The Morgan fingerprint density at radius 1 is 1.44 bits per heavy atom. The largest absolute Gasteiger partial charge is 0.392 e. The molecule has 1 saturated carbocycles. The lowest BCUT2D eigenvalue weighted by Gasteiger charge is -2.38. The minimum atomic E-state index is -0.209. The van der Waals surface area contributed by atoms with Crippen LogP contribution in [-0.2, 0) is 4.79 Å². The van der Waals surface area contributed by atoms with Gasteiger partial charge in [-0.05, 0) is 31.7 Å². The number of carbonyl (C=O) groups excluding carboxylic acids is 1. The molecule has 2 fully saturated rings. The molecule has 0 radical (unpaired) electrons. The Morgan fingerprint density at radius 3 is 2.69 bits per heavy atom. The van der Waals surface area contributed by atoms with Crippen LogP contribution in [0.25, 0.3) is 0 Å². The maximum Gasteiger partial charge on any atom is 0.127 e. The van der Waals surface area contributed by atoms with Gasteiger partial charge in [0, 0.05) is 18.5 Å². The third-order valence-corrected chi connectivity index (χ3v) is 4.39. The van der Waals surface area contributed by atoms with Gasteiger partial charge in [0.25, 0.3) is 0 Å². The van der Waals surface area contributed by atoms with Gasteiger partial charge in [-0.3, -0.25) is 4.90 Å². The molecule has 0 aromatic carbocycles. The summed E-state index contributed by atoms with van der Waals surface area (Å²) in [6, 6.07) is 0. The molecular formula is C13H23NO2. The lowest BCUT2D eigenvalue weighted by atomic mass is 9.86. The van der Waals surface area contributed by atoms with Gasteiger partial charge in [-0.2, -0.15) is 0 Å². The number of aliphatic hydroxyl groups is 1. The van der Waals surface area contributed by atoms with Crippen LogP contribution in [0.2, 0.25) is 0 Å². The second-order valence-corrected chi connectivity index (χ2v) is 5.76. The number of likely N-dealkylation sites (tertiary alicyclic amines) is 1. The van der Waals surface area contributed by atoms with Crippen molar-refractivity contribution in [2.75, 3.05) is 19.6 Å². The third kappa shape index (κ3) is 2.46. The molecule has 1 aliphatic carbocycles. The van der Waals surface area contributed by atoms with Crippen molar-refractivity contribution >= 4 is 6.29 Å². The monoisotopic (exact) mass is 225 g/mol. The molecule has 0 spiro atoms. The second-order valence-electron chi connectivity index (χ2n) is 5.76. The van der Waals surface area contributed by atoms with Gasteiger partial charge in [0.1, 0.15) is 6.29 Å². The molecule has 2 unspecified atom stereocenters. The van der Waals surface area contributed by atoms with E-state index in [0.717, 1.165) is 38.9 Å². The van der Waals surface area contributed by atoms with Crippen LogP contribution in [0.1, 0.15) is 39.0 Å². The second kappa shape index (κ2) is 4.84. The summed E-state index contributed by atoms with van der Waals surface area (Å²) in [5.74, 6) is 0.409. The summed E-state index contributed by atoms with van der Waals surface area (Å²) in [5.41, 5.74) is -0.0969. The van der Waals surface area contributed by atoms with Crippen LogP contribution in [0.3, 0.4) is 0 Å². The molecule has 2 aliphatic rings. The Bertz CT molecular complexity index is 248. The van der Waals surface area contributed by atoms with Crippen LogP contribution < -0.4 is 0 Å². The quantitative estimate of drug-likeness (QED) is 0.739. The number of piperidine rings is 1. The Hall–Kier alpha value is -0.410. The van der Waals surface area contributed by atoms with Crippen molar-refractivity contribution in [3.8, 4) is 0 Å². The standard InChI is InChI=1S/C13H23NO2/c1-11-4-7-14(8-12(11)16)9-13(10-15)5-2-3-6-13/h10-12,16H,2-9H2,1H3. The molecule has 0 bridgehead atoms. The topological polar surface area (TPSA) is 40.5 Å². The highest BCUT2D eigenvalue weighted by Crippen LogP contribution is 2.37. The van der Waals surface area contributed by atoms with Gasteiger partial charge in [-0.15, -0.1) is 0 Å². The summed E-state index contributed by atoms with van der Waals surface area (Å²) in [6.07, 6.45) is 6.47. The number of aliphatic hydroxyl groups excluding tert-OH is 1. The zero-order valence-electron chi connectivity index (χ0n) is 10.2. The molecule has 2 rings (SSSR count). The van der Waals surface area contributed by atoms with E-state index in [0.29, 0.717) is 5.92 Å². The van der Waals surface area contributed by atoms with E-state index in [1.165, 1.54) is 19.1 Å². The van der Waals surface area contributed by atoms with Crippen LogP contribution in [0.5, 0.6) is 0 Å². The molecule has 1 aliphatic heterocycles. The Kier molecular flexibility index (Phi) is 3.65.